The Hall–Kier alpha value is -2.55. The van der Waals surface area contributed by atoms with Crippen LogP contribution in [0.5, 0.6) is 0 Å². The Balaban J connectivity index is 2.02. The predicted octanol–water partition coefficient (Wildman–Crippen LogP) is 2.32. The lowest BCUT2D eigenvalue weighted by atomic mass is 9.96. The van der Waals surface area contributed by atoms with E-state index < -0.39 is 0 Å². The molecule has 1 amide bonds. The van der Waals surface area contributed by atoms with Crippen LogP contribution in [-0.4, -0.2) is 31.6 Å². The number of nitriles is 1. The number of amides is 1. The van der Waals surface area contributed by atoms with Gasteiger partial charge < -0.3 is 15.0 Å². The van der Waals surface area contributed by atoms with Gasteiger partial charge in [0.25, 0.3) is 0 Å². The Labute approximate surface area is 136 Å². The SMILES string of the molecule is CCOC(=O)C1CCN(c2ccccc2NC(=O)CC#N)CC1. The zero-order chi connectivity index (χ0) is 16.7. The molecule has 0 aliphatic carbocycles. The van der Waals surface area contributed by atoms with Crippen molar-refractivity contribution >= 4 is 23.3 Å². The third-order valence-electron chi connectivity index (χ3n) is 3.87. The molecule has 1 aromatic carbocycles. The van der Waals surface area contributed by atoms with E-state index in [2.05, 4.69) is 10.2 Å². The molecule has 1 aromatic rings. The van der Waals surface area contributed by atoms with Crippen molar-refractivity contribution in [2.75, 3.05) is 29.9 Å². The van der Waals surface area contributed by atoms with Crippen LogP contribution in [0.1, 0.15) is 26.2 Å². The minimum absolute atomic E-state index is 0.0495. The quantitative estimate of drug-likeness (QED) is 0.843. The largest absolute Gasteiger partial charge is 0.466 e. The second-order valence-electron chi connectivity index (χ2n) is 5.41. The zero-order valence-electron chi connectivity index (χ0n) is 13.2. The number of hydrogen-bond donors (Lipinski definition) is 1. The number of ether oxygens (including phenoxy) is 1. The van der Waals surface area contributed by atoms with Crippen molar-refractivity contribution in [3.63, 3.8) is 0 Å². The lowest BCUT2D eigenvalue weighted by Gasteiger charge is -2.33. The van der Waals surface area contributed by atoms with Crippen molar-refractivity contribution in [3.05, 3.63) is 24.3 Å². The normalized spacial score (nSPS) is 14.9. The fraction of sp³-hybridized carbons (Fsp3) is 0.471. The van der Waals surface area contributed by atoms with Crippen molar-refractivity contribution in [3.8, 4) is 6.07 Å². The molecule has 6 heteroatoms. The van der Waals surface area contributed by atoms with E-state index in [9.17, 15) is 9.59 Å². The highest BCUT2D eigenvalue weighted by atomic mass is 16.5. The van der Waals surface area contributed by atoms with Crippen LogP contribution >= 0.6 is 0 Å². The first-order valence-electron chi connectivity index (χ1n) is 7.83. The van der Waals surface area contributed by atoms with Gasteiger partial charge in [-0.1, -0.05) is 12.1 Å². The monoisotopic (exact) mass is 315 g/mol. The summed E-state index contributed by atoms with van der Waals surface area (Å²) in [6.07, 6.45) is 1.30. The fourth-order valence-electron chi connectivity index (χ4n) is 2.74. The molecule has 0 unspecified atom stereocenters. The lowest BCUT2D eigenvalue weighted by Crippen LogP contribution is -2.37. The van der Waals surface area contributed by atoms with Gasteiger partial charge in [-0.05, 0) is 31.9 Å². The molecule has 0 spiro atoms. The van der Waals surface area contributed by atoms with E-state index in [-0.39, 0.29) is 24.2 Å². The van der Waals surface area contributed by atoms with Crippen LogP contribution in [0.25, 0.3) is 0 Å². The maximum atomic E-state index is 11.8. The minimum Gasteiger partial charge on any atom is -0.466 e. The van der Waals surface area contributed by atoms with E-state index in [4.69, 9.17) is 10.00 Å². The van der Waals surface area contributed by atoms with E-state index in [0.717, 1.165) is 31.6 Å². The van der Waals surface area contributed by atoms with Crippen molar-refractivity contribution in [2.45, 2.75) is 26.2 Å². The Morgan fingerprint density at radius 2 is 2.04 bits per heavy atom. The van der Waals surface area contributed by atoms with Crippen LogP contribution < -0.4 is 10.2 Å². The summed E-state index contributed by atoms with van der Waals surface area (Å²) in [5.41, 5.74) is 1.61. The minimum atomic E-state index is -0.318. The van der Waals surface area contributed by atoms with Gasteiger partial charge in [-0.3, -0.25) is 9.59 Å². The summed E-state index contributed by atoms with van der Waals surface area (Å²) in [6.45, 7) is 3.68. The first-order valence-corrected chi connectivity index (χ1v) is 7.83. The number of esters is 1. The van der Waals surface area contributed by atoms with E-state index >= 15 is 0 Å². The summed E-state index contributed by atoms with van der Waals surface area (Å²) >= 11 is 0. The average molecular weight is 315 g/mol. The summed E-state index contributed by atoms with van der Waals surface area (Å²) in [7, 11) is 0. The summed E-state index contributed by atoms with van der Waals surface area (Å²) < 4.78 is 5.08. The number of carbonyl (C=O) groups excluding carboxylic acids is 2. The molecule has 1 aliphatic heterocycles. The number of piperidine rings is 1. The maximum Gasteiger partial charge on any atom is 0.309 e. The van der Waals surface area contributed by atoms with Crippen LogP contribution in [0, 0.1) is 17.2 Å². The summed E-state index contributed by atoms with van der Waals surface area (Å²) in [5.74, 6) is -0.490. The van der Waals surface area contributed by atoms with E-state index in [0.29, 0.717) is 12.3 Å². The summed E-state index contributed by atoms with van der Waals surface area (Å²) in [4.78, 5) is 25.6. The molecular weight excluding hydrogens is 294 g/mol. The molecule has 2 rings (SSSR count). The Kier molecular flexibility index (Phi) is 5.98. The van der Waals surface area contributed by atoms with Gasteiger partial charge in [-0.25, -0.2) is 0 Å². The van der Waals surface area contributed by atoms with Crippen molar-refractivity contribution in [1.29, 1.82) is 5.26 Å². The highest BCUT2D eigenvalue weighted by Crippen LogP contribution is 2.30. The number of para-hydroxylation sites is 2. The molecule has 0 aromatic heterocycles. The van der Waals surface area contributed by atoms with Gasteiger partial charge in [0.15, 0.2) is 0 Å². The van der Waals surface area contributed by atoms with Gasteiger partial charge in [0.05, 0.1) is 30.0 Å². The van der Waals surface area contributed by atoms with Crippen molar-refractivity contribution < 1.29 is 14.3 Å². The highest BCUT2D eigenvalue weighted by molar-refractivity contribution is 5.95. The molecule has 6 nitrogen and oxygen atoms in total. The average Bonchev–Trinajstić information content (AvgIpc) is 2.56. The number of hydrogen-bond acceptors (Lipinski definition) is 5. The second kappa shape index (κ2) is 8.18. The van der Waals surface area contributed by atoms with Gasteiger partial charge in [0.2, 0.25) is 5.91 Å². The molecular formula is C17H21N3O3. The molecule has 1 N–H and O–H groups in total. The molecule has 1 fully saturated rings. The number of rotatable bonds is 5. The maximum absolute atomic E-state index is 11.8. The first-order chi connectivity index (χ1) is 11.2. The number of benzene rings is 1. The molecule has 0 bridgehead atoms. The van der Waals surface area contributed by atoms with Gasteiger partial charge in [-0.2, -0.15) is 5.26 Å². The van der Waals surface area contributed by atoms with Crippen LogP contribution in [-0.2, 0) is 14.3 Å². The van der Waals surface area contributed by atoms with Crippen LogP contribution in [0.4, 0.5) is 11.4 Å². The molecule has 122 valence electrons. The van der Waals surface area contributed by atoms with Crippen LogP contribution in [0.2, 0.25) is 0 Å². The Bertz CT molecular complexity index is 601. The molecule has 0 atom stereocenters. The molecule has 1 heterocycles. The van der Waals surface area contributed by atoms with Crippen LogP contribution in [0.15, 0.2) is 24.3 Å². The Morgan fingerprint density at radius 1 is 1.35 bits per heavy atom. The number of nitrogens with zero attached hydrogens (tertiary/aromatic N) is 2. The highest BCUT2D eigenvalue weighted by Gasteiger charge is 2.27. The van der Waals surface area contributed by atoms with Gasteiger partial charge in [-0.15, -0.1) is 0 Å². The van der Waals surface area contributed by atoms with Gasteiger partial charge >= 0.3 is 5.97 Å². The standard InChI is InChI=1S/C17H21N3O3/c1-2-23-17(22)13-8-11-20(12-9-13)15-6-4-3-5-14(15)19-16(21)7-10-18/h3-6,13H,2,7-9,11-12H2,1H3,(H,19,21). The van der Waals surface area contributed by atoms with Crippen molar-refractivity contribution in [2.24, 2.45) is 5.92 Å². The third kappa shape index (κ3) is 4.46. The predicted molar refractivity (Wildman–Crippen MR) is 86.9 cm³/mol. The van der Waals surface area contributed by atoms with Gasteiger partial charge in [0.1, 0.15) is 6.42 Å². The van der Waals surface area contributed by atoms with Crippen LogP contribution in [0.3, 0.4) is 0 Å². The van der Waals surface area contributed by atoms with E-state index in [1.54, 1.807) is 0 Å². The number of anilines is 2. The zero-order valence-corrected chi connectivity index (χ0v) is 13.2. The molecule has 0 saturated carbocycles. The van der Waals surface area contributed by atoms with Crippen molar-refractivity contribution in [1.82, 2.24) is 0 Å². The Morgan fingerprint density at radius 3 is 2.70 bits per heavy atom. The lowest BCUT2D eigenvalue weighted by molar-refractivity contribution is -0.148. The van der Waals surface area contributed by atoms with E-state index in [1.165, 1.54) is 0 Å². The second-order valence-corrected chi connectivity index (χ2v) is 5.41. The molecule has 0 radical (unpaired) electrons. The summed E-state index contributed by atoms with van der Waals surface area (Å²) in [6, 6.07) is 9.35. The molecule has 23 heavy (non-hydrogen) atoms. The smallest absolute Gasteiger partial charge is 0.309 e. The first kappa shape index (κ1) is 16.8. The molecule has 1 saturated heterocycles. The third-order valence-corrected chi connectivity index (χ3v) is 3.87. The fourth-order valence-corrected chi connectivity index (χ4v) is 2.74. The molecule has 1 aliphatic rings. The number of carbonyl (C=O) groups is 2. The summed E-state index contributed by atoms with van der Waals surface area (Å²) in [5, 5.41) is 11.4. The van der Waals surface area contributed by atoms with E-state index in [1.807, 2.05) is 37.3 Å². The van der Waals surface area contributed by atoms with Gasteiger partial charge in [0, 0.05) is 13.1 Å². The topological polar surface area (TPSA) is 82.4 Å². The number of nitrogens with one attached hydrogen (secondary N) is 1.